The molecule has 0 fully saturated rings. The van der Waals surface area contributed by atoms with Crippen molar-refractivity contribution in [3.63, 3.8) is 0 Å². The largest absolute Gasteiger partial charge is 0.493 e. The van der Waals surface area contributed by atoms with Crippen molar-refractivity contribution in [2.75, 3.05) is 19.5 Å². The van der Waals surface area contributed by atoms with Crippen molar-refractivity contribution in [1.82, 2.24) is 9.55 Å². The van der Waals surface area contributed by atoms with E-state index in [2.05, 4.69) is 11.4 Å². The molecular weight excluding hydrogens is 388 g/mol. The van der Waals surface area contributed by atoms with Gasteiger partial charge < -0.3 is 14.8 Å². The lowest BCUT2D eigenvalue weighted by Gasteiger charge is -2.14. The molecule has 0 atom stereocenters. The van der Waals surface area contributed by atoms with Gasteiger partial charge in [0, 0.05) is 16.6 Å². The molecule has 0 radical (unpaired) electrons. The van der Waals surface area contributed by atoms with Crippen molar-refractivity contribution in [3.8, 4) is 17.6 Å². The van der Waals surface area contributed by atoms with E-state index in [4.69, 9.17) is 14.5 Å². The minimum Gasteiger partial charge on any atom is -0.493 e. The molecule has 0 saturated heterocycles. The average Bonchev–Trinajstić information content (AvgIpc) is 3.12. The normalized spacial score (nSPS) is 13.0. The molecular formula is C21H22N4O3S. The topological polar surface area (TPSA) is 89.2 Å². The molecule has 1 N–H and O–H groups in total. The van der Waals surface area contributed by atoms with Crippen LogP contribution in [-0.4, -0.2) is 23.8 Å². The molecule has 3 aromatic rings. The second-order valence-electron chi connectivity index (χ2n) is 6.89. The number of benzene rings is 1. The standard InChI is InChI=1S/C21H22N4O3S/c1-27-15-8-7-13(11-16(15)28-2)23-12-18-24-20-19(21(26)25(18)10-9-22)14-5-3-4-6-17(14)29-20/h7-8,11,23H,3-6,10,12H2,1-2H3. The number of hydrogen-bond donors (Lipinski definition) is 1. The van der Waals surface area contributed by atoms with Crippen LogP contribution >= 0.6 is 11.3 Å². The summed E-state index contributed by atoms with van der Waals surface area (Å²) >= 11 is 1.62. The Morgan fingerprint density at radius 2 is 2.03 bits per heavy atom. The molecule has 2 aromatic heterocycles. The Morgan fingerprint density at radius 3 is 2.79 bits per heavy atom. The molecule has 0 aliphatic heterocycles. The van der Waals surface area contributed by atoms with E-state index in [9.17, 15) is 10.1 Å². The highest BCUT2D eigenvalue weighted by Gasteiger charge is 2.22. The Bertz CT molecular complexity index is 1160. The van der Waals surface area contributed by atoms with Gasteiger partial charge in [-0.2, -0.15) is 5.26 Å². The van der Waals surface area contributed by atoms with Gasteiger partial charge in [0.25, 0.3) is 5.56 Å². The van der Waals surface area contributed by atoms with Gasteiger partial charge in [0.1, 0.15) is 17.2 Å². The van der Waals surface area contributed by atoms with E-state index >= 15 is 0 Å². The molecule has 0 spiro atoms. The summed E-state index contributed by atoms with van der Waals surface area (Å²) in [4.78, 5) is 20.0. The van der Waals surface area contributed by atoms with Crippen LogP contribution < -0.4 is 20.3 Å². The van der Waals surface area contributed by atoms with Crippen molar-refractivity contribution in [3.05, 3.63) is 44.8 Å². The summed E-state index contributed by atoms with van der Waals surface area (Å²) in [5.74, 6) is 1.81. The van der Waals surface area contributed by atoms with E-state index in [1.807, 2.05) is 18.2 Å². The number of ether oxygens (including phenoxy) is 2. The van der Waals surface area contributed by atoms with Crippen LogP contribution in [-0.2, 0) is 25.9 Å². The number of aromatic nitrogens is 2. The Kier molecular flexibility index (Phi) is 5.41. The van der Waals surface area contributed by atoms with E-state index in [0.717, 1.165) is 41.8 Å². The second-order valence-corrected chi connectivity index (χ2v) is 7.98. The van der Waals surface area contributed by atoms with Crippen molar-refractivity contribution in [1.29, 1.82) is 5.26 Å². The third-order valence-corrected chi connectivity index (χ3v) is 6.40. The summed E-state index contributed by atoms with van der Waals surface area (Å²) in [5, 5.41) is 13.2. The van der Waals surface area contributed by atoms with Gasteiger partial charge in [-0.3, -0.25) is 9.36 Å². The zero-order valence-electron chi connectivity index (χ0n) is 16.4. The number of nitriles is 1. The van der Waals surface area contributed by atoms with Gasteiger partial charge in [0.05, 0.1) is 32.2 Å². The lowest BCUT2D eigenvalue weighted by molar-refractivity contribution is 0.355. The van der Waals surface area contributed by atoms with Crippen molar-refractivity contribution < 1.29 is 9.47 Å². The van der Waals surface area contributed by atoms with E-state index < -0.39 is 0 Å². The number of nitrogens with one attached hydrogen (secondary N) is 1. The van der Waals surface area contributed by atoms with Crippen LogP contribution in [0.1, 0.15) is 29.1 Å². The number of rotatable bonds is 6. The molecule has 2 heterocycles. The zero-order chi connectivity index (χ0) is 20.4. The first-order valence-corrected chi connectivity index (χ1v) is 10.3. The van der Waals surface area contributed by atoms with Crippen LogP contribution in [0.5, 0.6) is 11.5 Å². The van der Waals surface area contributed by atoms with Gasteiger partial charge in [-0.1, -0.05) is 0 Å². The van der Waals surface area contributed by atoms with Gasteiger partial charge in [-0.15, -0.1) is 11.3 Å². The van der Waals surface area contributed by atoms with Crippen LogP contribution in [0.3, 0.4) is 0 Å². The summed E-state index contributed by atoms with van der Waals surface area (Å²) in [6, 6.07) is 7.61. The highest BCUT2D eigenvalue weighted by molar-refractivity contribution is 7.18. The van der Waals surface area contributed by atoms with Gasteiger partial charge in [-0.05, 0) is 43.4 Å². The van der Waals surface area contributed by atoms with Crippen LogP contribution in [0.25, 0.3) is 10.2 Å². The van der Waals surface area contributed by atoms with Gasteiger partial charge in [0.2, 0.25) is 0 Å². The Labute approximate surface area is 172 Å². The molecule has 0 bridgehead atoms. The van der Waals surface area contributed by atoms with Gasteiger partial charge in [-0.25, -0.2) is 4.98 Å². The summed E-state index contributed by atoms with van der Waals surface area (Å²) in [7, 11) is 3.17. The minimum atomic E-state index is -0.111. The first-order valence-electron chi connectivity index (χ1n) is 9.53. The fourth-order valence-electron chi connectivity index (χ4n) is 3.78. The highest BCUT2D eigenvalue weighted by atomic mass is 32.1. The smallest absolute Gasteiger partial charge is 0.263 e. The van der Waals surface area contributed by atoms with E-state index in [1.165, 1.54) is 9.44 Å². The number of thiophene rings is 1. The number of hydrogen-bond acceptors (Lipinski definition) is 7. The fraction of sp³-hybridized carbons (Fsp3) is 0.381. The van der Waals surface area contributed by atoms with Gasteiger partial charge >= 0.3 is 0 Å². The number of aryl methyl sites for hydroxylation is 2. The minimum absolute atomic E-state index is 0.0185. The third-order valence-electron chi connectivity index (χ3n) is 5.22. The lowest BCUT2D eigenvalue weighted by Crippen LogP contribution is -2.26. The highest BCUT2D eigenvalue weighted by Crippen LogP contribution is 2.34. The maximum atomic E-state index is 13.2. The summed E-state index contributed by atoms with van der Waals surface area (Å²) in [5.41, 5.74) is 1.84. The number of fused-ring (bicyclic) bond motifs is 3. The molecule has 29 heavy (non-hydrogen) atoms. The molecule has 0 amide bonds. The molecule has 8 heteroatoms. The Balaban J connectivity index is 1.71. The quantitative estimate of drug-likeness (QED) is 0.669. The molecule has 1 aliphatic carbocycles. The van der Waals surface area contributed by atoms with Crippen LogP contribution in [0.2, 0.25) is 0 Å². The zero-order valence-corrected chi connectivity index (χ0v) is 17.3. The maximum absolute atomic E-state index is 13.2. The molecule has 4 rings (SSSR count). The lowest BCUT2D eigenvalue weighted by atomic mass is 9.97. The van der Waals surface area contributed by atoms with Crippen LogP contribution in [0, 0.1) is 11.3 Å². The van der Waals surface area contributed by atoms with Gasteiger partial charge in [0.15, 0.2) is 11.5 Å². The van der Waals surface area contributed by atoms with E-state index in [0.29, 0.717) is 29.3 Å². The third kappa shape index (κ3) is 3.54. The SMILES string of the molecule is COc1ccc(NCc2nc3sc4c(c3c(=O)n2CC#N)CCCC4)cc1OC. The first-order chi connectivity index (χ1) is 14.2. The van der Waals surface area contributed by atoms with Crippen molar-refractivity contribution in [2.45, 2.75) is 38.8 Å². The fourth-order valence-corrected chi connectivity index (χ4v) is 5.05. The first kappa shape index (κ1) is 19.3. The molecule has 7 nitrogen and oxygen atoms in total. The Morgan fingerprint density at radius 1 is 1.24 bits per heavy atom. The maximum Gasteiger partial charge on any atom is 0.263 e. The van der Waals surface area contributed by atoms with Crippen LogP contribution in [0.4, 0.5) is 5.69 Å². The molecule has 0 saturated carbocycles. The predicted octanol–water partition coefficient (Wildman–Crippen LogP) is 3.49. The number of anilines is 1. The Hall–Kier alpha value is -3.05. The second kappa shape index (κ2) is 8.13. The van der Waals surface area contributed by atoms with E-state index in [-0.39, 0.29) is 12.1 Å². The molecule has 1 aromatic carbocycles. The molecule has 1 aliphatic rings. The summed E-state index contributed by atoms with van der Waals surface area (Å²) < 4.78 is 12.1. The van der Waals surface area contributed by atoms with Crippen LogP contribution in [0.15, 0.2) is 23.0 Å². The molecule has 0 unspecified atom stereocenters. The van der Waals surface area contributed by atoms with Crippen molar-refractivity contribution in [2.24, 2.45) is 0 Å². The van der Waals surface area contributed by atoms with E-state index in [1.54, 1.807) is 25.6 Å². The predicted molar refractivity (Wildman–Crippen MR) is 113 cm³/mol. The summed E-state index contributed by atoms with van der Waals surface area (Å²) in [6.45, 7) is 0.306. The van der Waals surface area contributed by atoms with Crippen molar-refractivity contribution >= 4 is 27.2 Å². The average molecular weight is 410 g/mol. The summed E-state index contributed by atoms with van der Waals surface area (Å²) in [6.07, 6.45) is 4.17. The molecule has 150 valence electrons. The monoisotopic (exact) mass is 410 g/mol. The number of methoxy groups -OCH3 is 2. The number of nitrogens with zero attached hydrogens (tertiary/aromatic N) is 3.